The highest BCUT2D eigenvalue weighted by Crippen LogP contribution is 2.30. The second-order valence-corrected chi connectivity index (χ2v) is 10.1. The van der Waals surface area contributed by atoms with E-state index in [0.29, 0.717) is 46.4 Å². The number of carbonyl (C=O) groups is 1. The molecule has 0 aliphatic carbocycles. The number of ether oxygens (including phenoxy) is 1. The molecule has 0 unspecified atom stereocenters. The number of sulfonamides is 1. The number of amides is 1. The van der Waals surface area contributed by atoms with Gasteiger partial charge in [-0.25, -0.2) is 12.7 Å². The fourth-order valence-electron chi connectivity index (χ4n) is 3.51. The zero-order valence-electron chi connectivity index (χ0n) is 16.8. The molecule has 1 saturated heterocycles. The molecule has 1 atom stereocenters. The maximum absolute atomic E-state index is 13.0. The zero-order chi connectivity index (χ0) is 21.9. The lowest BCUT2D eigenvalue weighted by molar-refractivity contribution is -0.120. The van der Waals surface area contributed by atoms with E-state index in [9.17, 15) is 13.2 Å². The van der Waals surface area contributed by atoms with Gasteiger partial charge in [-0.15, -0.1) is 0 Å². The number of benzene rings is 2. The molecular weight excluding hydrogens is 447 g/mol. The first-order chi connectivity index (χ1) is 14.2. The molecule has 0 aromatic heterocycles. The molecular formula is C21H24Cl2N2O4S. The van der Waals surface area contributed by atoms with Crippen LogP contribution in [0.5, 0.6) is 5.75 Å². The molecule has 3 rings (SSSR count). The minimum absolute atomic E-state index is 0.115. The highest BCUT2D eigenvalue weighted by Gasteiger charge is 2.33. The normalized spacial score (nSPS) is 17.5. The van der Waals surface area contributed by atoms with Gasteiger partial charge in [-0.3, -0.25) is 4.79 Å². The average molecular weight is 471 g/mol. The van der Waals surface area contributed by atoms with Crippen molar-refractivity contribution in [2.75, 3.05) is 25.5 Å². The first-order valence-electron chi connectivity index (χ1n) is 9.57. The van der Waals surface area contributed by atoms with E-state index in [-0.39, 0.29) is 18.2 Å². The molecule has 0 bridgehead atoms. The number of piperidine rings is 1. The summed E-state index contributed by atoms with van der Waals surface area (Å²) in [5.74, 6) is -0.427. The van der Waals surface area contributed by atoms with Crippen LogP contribution in [0.2, 0.25) is 10.0 Å². The lowest BCUT2D eigenvalue weighted by Crippen LogP contribution is -2.44. The number of aryl methyl sites for hydroxylation is 1. The van der Waals surface area contributed by atoms with Gasteiger partial charge in [-0.05, 0) is 49.6 Å². The Morgan fingerprint density at radius 1 is 1.23 bits per heavy atom. The van der Waals surface area contributed by atoms with Gasteiger partial charge >= 0.3 is 0 Å². The predicted octanol–water partition coefficient (Wildman–Crippen LogP) is 4.49. The van der Waals surface area contributed by atoms with Crippen LogP contribution in [-0.2, 0) is 20.6 Å². The summed E-state index contributed by atoms with van der Waals surface area (Å²) in [6, 6.07) is 10.4. The van der Waals surface area contributed by atoms with Crippen LogP contribution in [0.3, 0.4) is 0 Å². The molecule has 1 aliphatic heterocycles. The highest BCUT2D eigenvalue weighted by molar-refractivity contribution is 7.88. The smallest absolute Gasteiger partial charge is 0.228 e. The van der Waals surface area contributed by atoms with Crippen molar-refractivity contribution in [2.45, 2.75) is 25.5 Å². The van der Waals surface area contributed by atoms with Gasteiger partial charge in [0.05, 0.1) is 24.5 Å². The number of rotatable bonds is 6. The van der Waals surface area contributed by atoms with E-state index in [4.69, 9.17) is 27.9 Å². The number of halogens is 2. The molecule has 0 spiro atoms. The zero-order valence-corrected chi connectivity index (χ0v) is 19.1. The monoisotopic (exact) mass is 470 g/mol. The van der Waals surface area contributed by atoms with Crippen molar-refractivity contribution in [3.05, 3.63) is 57.6 Å². The molecule has 1 aliphatic rings. The van der Waals surface area contributed by atoms with Crippen LogP contribution in [0.15, 0.2) is 36.4 Å². The van der Waals surface area contributed by atoms with Gasteiger partial charge in [0.25, 0.3) is 0 Å². The van der Waals surface area contributed by atoms with Crippen molar-refractivity contribution >= 4 is 44.8 Å². The van der Waals surface area contributed by atoms with E-state index in [1.54, 1.807) is 24.3 Å². The van der Waals surface area contributed by atoms with Crippen molar-refractivity contribution in [1.82, 2.24) is 4.31 Å². The SMILES string of the molecule is COc1ccc(C)cc1NC(=O)[C@H]1CCCN(S(=O)(=O)Cc2c(Cl)cccc2Cl)C1. The van der Waals surface area contributed by atoms with E-state index in [2.05, 4.69) is 5.32 Å². The molecule has 2 aromatic carbocycles. The van der Waals surface area contributed by atoms with Crippen molar-refractivity contribution < 1.29 is 17.9 Å². The maximum Gasteiger partial charge on any atom is 0.228 e. The predicted molar refractivity (Wildman–Crippen MR) is 120 cm³/mol. The molecule has 162 valence electrons. The number of methoxy groups -OCH3 is 1. The Labute approximate surface area is 187 Å². The van der Waals surface area contributed by atoms with E-state index < -0.39 is 15.9 Å². The Morgan fingerprint density at radius 2 is 1.93 bits per heavy atom. The van der Waals surface area contributed by atoms with Crippen molar-refractivity contribution in [1.29, 1.82) is 0 Å². The molecule has 1 heterocycles. The summed E-state index contributed by atoms with van der Waals surface area (Å²) in [6.45, 7) is 2.40. The fraction of sp³-hybridized carbons (Fsp3) is 0.381. The van der Waals surface area contributed by atoms with Gasteiger partial charge in [-0.1, -0.05) is 35.3 Å². The summed E-state index contributed by atoms with van der Waals surface area (Å²) < 4.78 is 32.6. The van der Waals surface area contributed by atoms with E-state index >= 15 is 0 Å². The summed E-state index contributed by atoms with van der Waals surface area (Å²) in [5.41, 5.74) is 1.93. The number of carbonyl (C=O) groups excluding carboxylic acids is 1. The number of hydrogen-bond donors (Lipinski definition) is 1. The van der Waals surface area contributed by atoms with Gasteiger partial charge in [-0.2, -0.15) is 0 Å². The molecule has 0 saturated carbocycles. The van der Waals surface area contributed by atoms with E-state index in [1.165, 1.54) is 11.4 Å². The van der Waals surface area contributed by atoms with Gasteiger partial charge in [0.1, 0.15) is 5.75 Å². The van der Waals surface area contributed by atoms with Gasteiger partial charge in [0.15, 0.2) is 0 Å². The minimum atomic E-state index is -3.68. The first kappa shape index (κ1) is 22.9. The van der Waals surface area contributed by atoms with Crippen LogP contribution in [0, 0.1) is 12.8 Å². The lowest BCUT2D eigenvalue weighted by Gasteiger charge is -2.31. The van der Waals surface area contributed by atoms with Crippen LogP contribution in [0.4, 0.5) is 5.69 Å². The molecule has 1 amide bonds. The third-order valence-corrected chi connectivity index (χ3v) is 7.63. The Balaban J connectivity index is 1.73. The molecule has 2 aromatic rings. The van der Waals surface area contributed by atoms with Crippen LogP contribution >= 0.6 is 23.2 Å². The Hall–Kier alpha value is -1.80. The lowest BCUT2D eigenvalue weighted by atomic mass is 9.98. The molecule has 9 heteroatoms. The maximum atomic E-state index is 13.0. The van der Waals surface area contributed by atoms with Crippen molar-refractivity contribution in [2.24, 2.45) is 5.92 Å². The molecule has 30 heavy (non-hydrogen) atoms. The molecule has 0 radical (unpaired) electrons. The van der Waals surface area contributed by atoms with Gasteiger partial charge < -0.3 is 10.1 Å². The number of nitrogens with one attached hydrogen (secondary N) is 1. The molecule has 1 fully saturated rings. The van der Waals surface area contributed by atoms with E-state index in [1.807, 2.05) is 19.1 Å². The number of nitrogens with zero attached hydrogens (tertiary/aromatic N) is 1. The van der Waals surface area contributed by atoms with Crippen molar-refractivity contribution in [3.63, 3.8) is 0 Å². The second kappa shape index (κ2) is 9.56. The summed E-state index contributed by atoms with van der Waals surface area (Å²) in [7, 11) is -2.14. The van der Waals surface area contributed by atoms with Crippen LogP contribution in [-0.4, -0.2) is 38.8 Å². The molecule has 1 N–H and O–H groups in total. The van der Waals surface area contributed by atoms with Crippen LogP contribution in [0.25, 0.3) is 0 Å². The number of anilines is 1. The quantitative estimate of drug-likeness (QED) is 0.674. The van der Waals surface area contributed by atoms with Crippen molar-refractivity contribution in [3.8, 4) is 5.75 Å². The fourth-order valence-corrected chi connectivity index (χ4v) is 5.87. The largest absolute Gasteiger partial charge is 0.495 e. The summed E-state index contributed by atoms with van der Waals surface area (Å²) in [6.07, 6.45) is 1.21. The second-order valence-electron chi connectivity index (χ2n) is 7.35. The van der Waals surface area contributed by atoms with Crippen LogP contribution in [0.1, 0.15) is 24.0 Å². The van der Waals surface area contributed by atoms with Gasteiger partial charge in [0.2, 0.25) is 15.9 Å². The Morgan fingerprint density at radius 3 is 2.60 bits per heavy atom. The van der Waals surface area contributed by atoms with Crippen LogP contribution < -0.4 is 10.1 Å². The highest BCUT2D eigenvalue weighted by atomic mass is 35.5. The average Bonchev–Trinajstić information content (AvgIpc) is 2.71. The Bertz CT molecular complexity index is 1020. The Kier molecular flexibility index (Phi) is 7.29. The minimum Gasteiger partial charge on any atom is -0.495 e. The summed E-state index contributed by atoms with van der Waals surface area (Å²) >= 11 is 12.3. The van der Waals surface area contributed by atoms with E-state index in [0.717, 1.165) is 5.56 Å². The standard InChI is InChI=1S/C21H24Cl2N2O4S/c1-14-8-9-20(29-2)19(11-14)24-21(26)15-5-4-10-25(12-15)30(27,28)13-16-17(22)6-3-7-18(16)23/h3,6-9,11,15H,4-5,10,12-13H2,1-2H3,(H,24,26)/t15-/m0/s1. The first-order valence-corrected chi connectivity index (χ1v) is 11.9. The number of hydrogen-bond acceptors (Lipinski definition) is 4. The third-order valence-electron chi connectivity index (χ3n) is 5.15. The molecule has 6 nitrogen and oxygen atoms in total. The third kappa shape index (κ3) is 5.27. The topological polar surface area (TPSA) is 75.7 Å². The van der Waals surface area contributed by atoms with Gasteiger partial charge in [0, 0.05) is 28.7 Å². The summed E-state index contributed by atoms with van der Waals surface area (Å²) in [5, 5.41) is 3.50. The summed E-state index contributed by atoms with van der Waals surface area (Å²) in [4.78, 5) is 12.9.